The molecule has 226 valence electrons. The monoisotopic (exact) mass is 588 g/mol. The number of carbonyl (C=O) groups excluding carboxylic acids is 4. The van der Waals surface area contributed by atoms with Crippen molar-refractivity contribution in [1.29, 1.82) is 0 Å². The van der Waals surface area contributed by atoms with Crippen molar-refractivity contribution in [2.75, 3.05) is 6.54 Å². The molecule has 1 aliphatic rings. The first-order valence-electron chi connectivity index (χ1n) is 13.4. The van der Waals surface area contributed by atoms with E-state index in [-0.39, 0.29) is 19.6 Å². The predicted octanol–water partition coefficient (Wildman–Crippen LogP) is 2.24. The molecule has 11 nitrogen and oxygen atoms in total. The number of alkyl carbamates (subject to hydrolysis) is 1. The van der Waals surface area contributed by atoms with Gasteiger partial charge < -0.3 is 30.7 Å². The van der Waals surface area contributed by atoms with Crippen LogP contribution in [-0.4, -0.2) is 76.4 Å². The number of ether oxygens (including phenoxy) is 1. The van der Waals surface area contributed by atoms with Crippen molar-refractivity contribution in [3.63, 3.8) is 0 Å². The molecule has 0 radical (unpaired) electrons. The SMILES string of the molecule is C[C@H](NC(=O)C(Cc1ccccc1)(NC(=O)OCc1ccccc1)C(F)F)C(=O)N[C@@H](C)C(=O)N1CCC[C@H]1C(=O)O. The zero-order valence-corrected chi connectivity index (χ0v) is 23.2. The summed E-state index contributed by atoms with van der Waals surface area (Å²) in [6.07, 6.45) is -4.52. The van der Waals surface area contributed by atoms with E-state index in [1.54, 1.807) is 48.5 Å². The average Bonchev–Trinajstić information content (AvgIpc) is 3.46. The Morgan fingerprint density at radius 1 is 0.952 bits per heavy atom. The van der Waals surface area contributed by atoms with Gasteiger partial charge in [0, 0.05) is 13.0 Å². The summed E-state index contributed by atoms with van der Waals surface area (Å²) >= 11 is 0. The summed E-state index contributed by atoms with van der Waals surface area (Å²) in [5, 5.41) is 16.0. The number of rotatable bonds is 12. The minimum absolute atomic E-state index is 0.213. The van der Waals surface area contributed by atoms with E-state index < -0.39 is 66.3 Å². The Morgan fingerprint density at radius 3 is 2.12 bits per heavy atom. The molecule has 1 saturated heterocycles. The first-order valence-corrected chi connectivity index (χ1v) is 13.4. The zero-order chi connectivity index (χ0) is 30.9. The van der Waals surface area contributed by atoms with Gasteiger partial charge in [0.15, 0.2) is 5.54 Å². The van der Waals surface area contributed by atoms with Crippen LogP contribution >= 0.6 is 0 Å². The minimum atomic E-state index is -3.42. The van der Waals surface area contributed by atoms with Crippen LogP contribution in [0.25, 0.3) is 0 Å². The number of likely N-dealkylation sites (tertiary alicyclic amines) is 1. The maximum Gasteiger partial charge on any atom is 0.408 e. The van der Waals surface area contributed by atoms with E-state index in [9.17, 15) is 37.9 Å². The van der Waals surface area contributed by atoms with Crippen molar-refractivity contribution < 1.29 is 42.6 Å². The number of hydrogen-bond donors (Lipinski definition) is 4. The third-order valence-electron chi connectivity index (χ3n) is 6.93. The summed E-state index contributed by atoms with van der Waals surface area (Å²) in [4.78, 5) is 64.3. The van der Waals surface area contributed by atoms with E-state index in [1.807, 2.05) is 5.32 Å². The van der Waals surface area contributed by atoms with E-state index in [0.29, 0.717) is 17.5 Å². The van der Waals surface area contributed by atoms with E-state index in [2.05, 4.69) is 10.6 Å². The summed E-state index contributed by atoms with van der Waals surface area (Å²) in [7, 11) is 0. The number of hydrogen-bond acceptors (Lipinski definition) is 6. The molecule has 4 N–H and O–H groups in total. The highest BCUT2D eigenvalue weighted by molar-refractivity contribution is 5.96. The molecule has 13 heteroatoms. The number of alkyl halides is 2. The molecule has 0 spiro atoms. The van der Waals surface area contributed by atoms with E-state index in [0.717, 1.165) is 4.90 Å². The number of benzene rings is 2. The van der Waals surface area contributed by atoms with Crippen LogP contribution in [0.2, 0.25) is 0 Å². The van der Waals surface area contributed by atoms with Crippen molar-refractivity contribution in [3.8, 4) is 0 Å². The molecule has 1 aliphatic heterocycles. The lowest BCUT2D eigenvalue weighted by molar-refractivity contribution is -0.149. The summed E-state index contributed by atoms with van der Waals surface area (Å²) < 4.78 is 34.6. The fourth-order valence-electron chi connectivity index (χ4n) is 4.60. The van der Waals surface area contributed by atoms with Crippen LogP contribution in [0.15, 0.2) is 60.7 Å². The Hall–Kier alpha value is -4.55. The highest BCUT2D eigenvalue weighted by Gasteiger charge is 2.50. The molecule has 0 bridgehead atoms. The van der Waals surface area contributed by atoms with Gasteiger partial charge in [0.05, 0.1) is 0 Å². The second kappa shape index (κ2) is 14.4. The normalized spacial score (nSPS) is 17.5. The molecule has 1 unspecified atom stereocenters. The standard InChI is InChI=1S/C29H34F2N4O7/c1-18(23(36)32-19(2)24(37)35-15-9-14-22(35)25(38)39)33-27(40)29(26(30)31,16-20-10-5-3-6-11-20)34-28(41)42-17-21-12-7-4-8-13-21/h3-8,10-13,18-19,22,26H,9,14-17H2,1-2H3,(H,32,36)(H,33,40)(H,34,41)(H,38,39)/t18-,19-,22-,29?/m0/s1. The van der Waals surface area contributed by atoms with Gasteiger partial charge in [0.2, 0.25) is 11.8 Å². The number of halogens is 2. The van der Waals surface area contributed by atoms with Gasteiger partial charge in [-0.1, -0.05) is 60.7 Å². The number of amides is 4. The first kappa shape index (κ1) is 32.0. The third kappa shape index (κ3) is 8.02. The molecular formula is C29H34F2N4O7. The maximum atomic E-state index is 14.7. The largest absolute Gasteiger partial charge is 0.480 e. The van der Waals surface area contributed by atoms with E-state index in [1.165, 1.54) is 26.0 Å². The molecule has 4 amide bonds. The van der Waals surface area contributed by atoms with Gasteiger partial charge in [-0.25, -0.2) is 18.4 Å². The molecule has 42 heavy (non-hydrogen) atoms. The van der Waals surface area contributed by atoms with Gasteiger partial charge >= 0.3 is 12.1 Å². The van der Waals surface area contributed by atoms with Crippen LogP contribution in [0, 0.1) is 0 Å². The van der Waals surface area contributed by atoms with Crippen LogP contribution in [0.1, 0.15) is 37.8 Å². The number of carboxylic acids is 1. The molecule has 3 rings (SSSR count). The van der Waals surface area contributed by atoms with Crippen molar-refractivity contribution in [2.24, 2.45) is 0 Å². The predicted molar refractivity (Wildman–Crippen MR) is 146 cm³/mol. The third-order valence-corrected chi connectivity index (χ3v) is 6.93. The van der Waals surface area contributed by atoms with Gasteiger partial charge in [-0.15, -0.1) is 0 Å². The molecular weight excluding hydrogens is 554 g/mol. The van der Waals surface area contributed by atoms with E-state index >= 15 is 0 Å². The highest BCUT2D eigenvalue weighted by Crippen LogP contribution is 2.24. The molecule has 0 saturated carbocycles. The number of nitrogens with zero attached hydrogens (tertiary/aromatic N) is 1. The van der Waals surface area contributed by atoms with Crippen LogP contribution in [-0.2, 0) is 36.9 Å². The Balaban J connectivity index is 1.73. The van der Waals surface area contributed by atoms with Crippen LogP contribution in [0.5, 0.6) is 0 Å². The Bertz CT molecular complexity index is 1270. The fraction of sp³-hybridized carbons (Fsp3) is 0.414. The smallest absolute Gasteiger partial charge is 0.408 e. The highest BCUT2D eigenvalue weighted by atomic mass is 19.3. The van der Waals surface area contributed by atoms with Crippen molar-refractivity contribution in [2.45, 2.75) is 69.8 Å². The molecule has 2 aromatic rings. The Morgan fingerprint density at radius 2 is 1.55 bits per heavy atom. The number of carbonyl (C=O) groups is 5. The summed E-state index contributed by atoms with van der Waals surface area (Å²) in [5.74, 6) is -3.99. The topological polar surface area (TPSA) is 154 Å². The summed E-state index contributed by atoms with van der Waals surface area (Å²) in [6, 6.07) is 12.8. The van der Waals surface area contributed by atoms with Crippen molar-refractivity contribution >= 4 is 29.8 Å². The second-order valence-electron chi connectivity index (χ2n) is 10.1. The van der Waals surface area contributed by atoms with Crippen molar-refractivity contribution in [1.82, 2.24) is 20.9 Å². The van der Waals surface area contributed by atoms with Gasteiger partial charge in [0.25, 0.3) is 12.3 Å². The molecule has 0 aromatic heterocycles. The van der Waals surface area contributed by atoms with Gasteiger partial charge in [-0.05, 0) is 37.8 Å². The average molecular weight is 589 g/mol. The number of nitrogens with one attached hydrogen (secondary N) is 3. The molecule has 1 heterocycles. The van der Waals surface area contributed by atoms with Crippen LogP contribution in [0.3, 0.4) is 0 Å². The molecule has 0 aliphatic carbocycles. The lowest BCUT2D eigenvalue weighted by Gasteiger charge is -2.33. The minimum Gasteiger partial charge on any atom is -0.480 e. The zero-order valence-electron chi connectivity index (χ0n) is 23.2. The maximum absolute atomic E-state index is 14.7. The fourth-order valence-corrected chi connectivity index (χ4v) is 4.60. The Kier molecular flexibility index (Phi) is 10.9. The van der Waals surface area contributed by atoms with Crippen molar-refractivity contribution in [3.05, 3.63) is 71.8 Å². The van der Waals surface area contributed by atoms with Crippen LogP contribution < -0.4 is 16.0 Å². The molecule has 1 fully saturated rings. The Labute approximate surface area is 241 Å². The first-order chi connectivity index (χ1) is 19.9. The molecule has 4 atom stereocenters. The van der Waals surface area contributed by atoms with Gasteiger partial charge in [0.1, 0.15) is 24.7 Å². The summed E-state index contributed by atoms with van der Waals surface area (Å²) in [6.45, 7) is 2.57. The molecule has 2 aromatic carbocycles. The number of carboxylic acid groups (broad SMARTS) is 1. The van der Waals surface area contributed by atoms with Gasteiger partial charge in [-0.2, -0.15) is 0 Å². The van der Waals surface area contributed by atoms with Crippen LogP contribution in [0.4, 0.5) is 13.6 Å². The summed E-state index contributed by atoms with van der Waals surface area (Å²) in [5.41, 5.74) is -1.90. The van der Waals surface area contributed by atoms with E-state index in [4.69, 9.17) is 4.74 Å². The quantitative estimate of drug-likeness (QED) is 0.297. The second-order valence-corrected chi connectivity index (χ2v) is 10.1. The number of aliphatic carboxylic acids is 1. The van der Waals surface area contributed by atoms with Gasteiger partial charge in [-0.3, -0.25) is 14.4 Å². The lowest BCUT2D eigenvalue weighted by atomic mass is 9.89. The lowest BCUT2D eigenvalue weighted by Crippen LogP contribution is -2.66.